The normalized spacial score (nSPS) is 11.3. The van der Waals surface area contributed by atoms with Crippen LogP contribution in [0.2, 0.25) is 4.47 Å². The molecule has 0 radical (unpaired) electrons. The van der Waals surface area contributed by atoms with Crippen molar-refractivity contribution in [1.29, 1.82) is 0 Å². The second kappa shape index (κ2) is 8.04. The van der Waals surface area contributed by atoms with Gasteiger partial charge < -0.3 is 0 Å². The minimum atomic E-state index is -0.773. The summed E-state index contributed by atoms with van der Waals surface area (Å²) < 4.78 is 0.368. The fourth-order valence-corrected chi connectivity index (χ4v) is 3.07. The molecule has 2 rings (SSSR count). The summed E-state index contributed by atoms with van der Waals surface area (Å²) in [6.07, 6.45) is 3.16. The number of hydrazine groups is 1. The van der Waals surface area contributed by atoms with Gasteiger partial charge in [-0.15, -0.1) is 11.3 Å². The summed E-state index contributed by atoms with van der Waals surface area (Å²) in [5.74, 6) is -0.744. The summed E-state index contributed by atoms with van der Waals surface area (Å²) >= 11 is 7.98. The van der Waals surface area contributed by atoms with Crippen LogP contribution in [-0.2, 0) is 6.54 Å². The van der Waals surface area contributed by atoms with Gasteiger partial charge in [-0.25, -0.2) is 15.1 Å². The predicted octanol–water partition coefficient (Wildman–Crippen LogP) is 3.35. The van der Waals surface area contributed by atoms with Crippen molar-refractivity contribution in [2.75, 3.05) is 6.26 Å². The summed E-state index contributed by atoms with van der Waals surface area (Å²) in [6.45, 7) is 0.160. The summed E-state index contributed by atoms with van der Waals surface area (Å²) in [5, 5.41) is 11.0. The Labute approximate surface area is 145 Å². The molecule has 0 fully saturated rings. The van der Waals surface area contributed by atoms with Crippen molar-refractivity contribution in [1.82, 2.24) is 9.99 Å². The van der Waals surface area contributed by atoms with Crippen molar-refractivity contribution < 1.29 is 9.83 Å². The van der Waals surface area contributed by atoms with E-state index in [1.165, 1.54) is 23.5 Å². The number of hydrogen-bond acceptors (Lipinski definition) is 7. The first-order chi connectivity index (χ1) is 11.0. The van der Waals surface area contributed by atoms with Crippen LogP contribution in [-0.4, -0.2) is 32.4 Å². The fraction of sp³-hybridized carbons (Fsp3) is 0.154. The van der Waals surface area contributed by atoms with Gasteiger partial charge in [0.1, 0.15) is 0 Å². The number of aromatic nitrogens is 1. The Hall–Kier alpha value is -1.97. The highest BCUT2D eigenvalue weighted by Crippen LogP contribution is 2.19. The zero-order valence-corrected chi connectivity index (χ0v) is 14.3. The maximum Gasteiger partial charge on any atom is 0.322 e. The Morgan fingerprint density at radius 3 is 2.70 bits per heavy atom. The molecule has 10 heteroatoms. The van der Waals surface area contributed by atoms with Crippen LogP contribution >= 0.6 is 34.7 Å². The fourth-order valence-electron chi connectivity index (χ4n) is 1.65. The predicted molar refractivity (Wildman–Crippen MR) is 91.4 cm³/mol. The average Bonchev–Trinajstić information content (AvgIpc) is 2.96. The molecule has 1 amide bonds. The highest BCUT2D eigenvalue weighted by Gasteiger charge is 2.31. The summed E-state index contributed by atoms with van der Waals surface area (Å²) in [5.41, 5.74) is 0.215. The van der Waals surface area contributed by atoms with E-state index in [-0.39, 0.29) is 17.3 Å². The number of thioether (sulfide) groups is 1. The van der Waals surface area contributed by atoms with Gasteiger partial charge in [0.25, 0.3) is 0 Å². The Kier molecular flexibility index (Phi) is 6.08. The highest BCUT2D eigenvalue weighted by molar-refractivity contribution is 8.13. The zero-order chi connectivity index (χ0) is 16.8. The monoisotopic (exact) mass is 370 g/mol. The Bertz CT molecular complexity index is 736. The minimum absolute atomic E-state index is 0.00613. The van der Waals surface area contributed by atoms with Crippen LogP contribution < -0.4 is 0 Å². The van der Waals surface area contributed by atoms with Gasteiger partial charge >= 0.3 is 5.91 Å². The molecule has 0 bridgehead atoms. The summed E-state index contributed by atoms with van der Waals surface area (Å²) in [7, 11) is 0. The van der Waals surface area contributed by atoms with E-state index in [0.29, 0.717) is 9.48 Å². The number of hydrogen-bond donors (Lipinski definition) is 0. The van der Waals surface area contributed by atoms with Gasteiger partial charge in [0.15, 0.2) is 9.50 Å². The SMILES string of the molecule is CSC(=NCc1cnc(Cl)s1)N(C(=O)c1ccccc1)[N+](=O)[O-]. The second-order valence-electron chi connectivity index (χ2n) is 4.10. The lowest BCUT2D eigenvalue weighted by Crippen LogP contribution is -2.40. The van der Waals surface area contributed by atoms with Crippen molar-refractivity contribution in [3.8, 4) is 0 Å². The maximum atomic E-state index is 12.4. The standard InChI is InChI=1S/C13H11ClN4O3S2/c1-22-13(16-8-10-7-15-12(14)23-10)17(18(20)21)11(19)9-5-3-2-4-6-9/h2-7H,8H2,1H3. The van der Waals surface area contributed by atoms with Gasteiger partial charge in [-0.1, -0.05) is 41.6 Å². The van der Waals surface area contributed by atoms with Crippen LogP contribution in [0, 0.1) is 10.1 Å². The molecular weight excluding hydrogens is 360 g/mol. The van der Waals surface area contributed by atoms with Crippen LogP contribution in [0.3, 0.4) is 0 Å². The summed E-state index contributed by atoms with van der Waals surface area (Å²) in [4.78, 5) is 32.4. The first-order valence-electron chi connectivity index (χ1n) is 6.25. The molecule has 0 aliphatic heterocycles. The molecule has 0 atom stereocenters. The van der Waals surface area contributed by atoms with Gasteiger partial charge in [-0.2, -0.15) is 0 Å². The van der Waals surface area contributed by atoms with Crippen molar-refractivity contribution in [3.05, 3.63) is 61.6 Å². The number of benzene rings is 1. The van der Waals surface area contributed by atoms with Gasteiger partial charge in [-0.05, 0) is 18.4 Å². The molecule has 1 aromatic carbocycles. The van der Waals surface area contributed by atoms with E-state index in [4.69, 9.17) is 11.6 Å². The molecule has 120 valence electrons. The van der Waals surface area contributed by atoms with E-state index in [2.05, 4.69) is 9.98 Å². The first-order valence-corrected chi connectivity index (χ1v) is 8.67. The second-order valence-corrected chi connectivity index (χ2v) is 6.57. The number of nitrogens with zero attached hydrogens (tertiary/aromatic N) is 4. The quantitative estimate of drug-likeness (QED) is 0.356. The number of amidine groups is 1. The molecule has 23 heavy (non-hydrogen) atoms. The van der Waals surface area contributed by atoms with Crippen LogP contribution in [0.4, 0.5) is 0 Å². The molecule has 0 unspecified atom stereocenters. The van der Waals surface area contributed by atoms with Crippen molar-refractivity contribution in [2.45, 2.75) is 6.54 Å². The molecule has 0 N–H and O–H groups in total. The van der Waals surface area contributed by atoms with E-state index >= 15 is 0 Å². The molecule has 1 heterocycles. The smallest absolute Gasteiger partial charge is 0.262 e. The Morgan fingerprint density at radius 2 is 2.17 bits per heavy atom. The van der Waals surface area contributed by atoms with E-state index in [9.17, 15) is 14.9 Å². The van der Waals surface area contributed by atoms with Gasteiger partial charge in [0, 0.05) is 21.6 Å². The Balaban J connectivity index is 2.26. The third kappa shape index (κ3) is 4.50. The van der Waals surface area contributed by atoms with E-state index in [0.717, 1.165) is 16.6 Å². The lowest BCUT2D eigenvalue weighted by atomic mass is 10.2. The van der Waals surface area contributed by atoms with Crippen molar-refractivity contribution in [2.24, 2.45) is 4.99 Å². The third-order valence-corrected chi connectivity index (χ3v) is 4.40. The maximum absolute atomic E-state index is 12.4. The van der Waals surface area contributed by atoms with E-state index in [1.807, 2.05) is 0 Å². The number of thiazole rings is 1. The molecule has 0 saturated carbocycles. The van der Waals surface area contributed by atoms with Gasteiger partial charge in [0.2, 0.25) is 5.17 Å². The highest BCUT2D eigenvalue weighted by atomic mass is 35.5. The van der Waals surface area contributed by atoms with Crippen LogP contribution in [0.1, 0.15) is 15.2 Å². The molecular formula is C13H11ClN4O3S2. The van der Waals surface area contributed by atoms with Gasteiger partial charge in [-0.3, -0.25) is 9.79 Å². The number of rotatable bonds is 4. The molecule has 0 aliphatic rings. The number of carbonyl (C=O) groups is 1. The van der Waals surface area contributed by atoms with Crippen LogP contribution in [0.25, 0.3) is 0 Å². The largest absolute Gasteiger partial charge is 0.322 e. The minimum Gasteiger partial charge on any atom is -0.262 e. The molecule has 2 aromatic rings. The van der Waals surface area contributed by atoms with Crippen molar-refractivity contribution in [3.63, 3.8) is 0 Å². The van der Waals surface area contributed by atoms with Gasteiger partial charge in [0.05, 0.1) is 6.54 Å². The number of nitro groups is 1. The summed E-state index contributed by atoms with van der Waals surface area (Å²) in [6, 6.07) is 8.03. The number of halogens is 1. The molecule has 0 aliphatic carbocycles. The zero-order valence-electron chi connectivity index (χ0n) is 11.9. The number of carbonyl (C=O) groups excluding carboxylic acids is 1. The average molecular weight is 371 g/mol. The molecule has 0 saturated heterocycles. The number of amides is 1. The molecule has 7 nitrogen and oxygen atoms in total. The lowest BCUT2D eigenvalue weighted by Gasteiger charge is -2.12. The number of aliphatic imine (C=N–C) groups is 1. The Morgan fingerprint density at radius 1 is 1.48 bits per heavy atom. The van der Waals surface area contributed by atoms with E-state index in [1.54, 1.807) is 30.7 Å². The topological polar surface area (TPSA) is 88.7 Å². The third-order valence-electron chi connectivity index (χ3n) is 2.64. The first kappa shape index (κ1) is 17.4. The lowest BCUT2D eigenvalue weighted by molar-refractivity contribution is -0.605. The van der Waals surface area contributed by atoms with Crippen LogP contribution in [0.5, 0.6) is 0 Å². The molecule has 1 aromatic heterocycles. The van der Waals surface area contributed by atoms with E-state index < -0.39 is 10.9 Å². The van der Waals surface area contributed by atoms with Crippen molar-refractivity contribution >= 4 is 45.8 Å². The van der Waals surface area contributed by atoms with Crippen LogP contribution in [0.15, 0.2) is 41.5 Å². The molecule has 0 spiro atoms.